The highest BCUT2D eigenvalue weighted by Crippen LogP contribution is 2.44. The van der Waals surface area contributed by atoms with Gasteiger partial charge in [0.25, 0.3) is 0 Å². The van der Waals surface area contributed by atoms with Crippen molar-refractivity contribution in [2.45, 2.75) is 51.1 Å². The van der Waals surface area contributed by atoms with E-state index < -0.39 is 17.9 Å². The lowest BCUT2D eigenvalue weighted by Crippen LogP contribution is -2.44. The van der Waals surface area contributed by atoms with Crippen molar-refractivity contribution in [3.8, 4) is 23.0 Å². The van der Waals surface area contributed by atoms with Crippen LogP contribution in [0, 0.1) is 5.92 Å². The lowest BCUT2D eigenvalue weighted by Gasteiger charge is -2.30. The zero-order chi connectivity index (χ0) is 30.6. The number of carbonyl (C=O) groups is 2. The molecule has 3 heterocycles. The van der Waals surface area contributed by atoms with Gasteiger partial charge in [-0.25, -0.2) is 0 Å². The van der Waals surface area contributed by atoms with Crippen LogP contribution < -0.4 is 29.6 Å². The molecule has 0 saturated carbocycles. The summed E-state index contributed by atoms with van der Waals surface area (Å²) in [4.78, 5) is 31.0. The smallest absolute Gasteiger partial charge is 0.308 e. The number of aliphatic carboxylic acids is 1. The van der Waals surface area contributed by atoms with Gasteiger partial charge in [0, 0.05) is 37.3 Å². The van der Waals surface area contributed by atoms with Crippen molar-refractivity contribution < 1.29 is 33.6 Å². The summed E-state index contributed by atoms with van der Waals surface area (Å²) in [6, 6.07) is 18.8. The Morgan fingerprint density at radius 1 is 0.977 bits per heavy atom. The molecular formula is C34H39N3O7. The van der Waals surface area contributed by atoms with Gasteiger partial charge in [-0.2, -0.15) is 0 Å². The highest BCUT2D eigenvalue weighted by Gasteiger charge is 2.47. The van der Waals surface area contributed by atoms with Gasteiger partial charge in [0.15, 0.2) is 23.0 Å². The second-order valence-electron chi connectivity index (χ2n) is 11.5. The molecule has 232 valence electrons. The Morgan fingerprint density at radius 3 is 2.59 bits per heavy atom. The zero-order valence-electron chi connectivity index (χ0n) is 24.9. The summed E-state index contributed by atoms with van der Waals surface area (Å²) in [6.45, 7) is 3.87. The normalized spacial score (nSPS) is 20.2. The third-order valence-corrected chi connectivity index (χ3v) is 8.88. The Balaban J connectivity index is 1.31. The molecule has 10 heteroatoms. The number of fused-ring (bicyclic) bond motifs is 2. The quantitative estimate of drug-likeness (QED) is 0.308. The molecule has 1 fully saturated rings. The molecule has 0 spiro atoms. The number of amides is 1. The number of hydrogen-bond donors (Lipinski definition) is 2. The fourth-order valence-corrected chi connectivity index (χ4v) is 6.65. The van der Waals surface area contributed by atoms with E-state index in [1.165, 1.54) is 0 Å². The van der Waals surface area contributed by atoms with E-state index in [9.17, 15) is 14.7 Å². The lowest BCUT2D eigenvalue weighted by molar-refractivity contribution is -0.143. The minimum absolute atomic E-state index is 0.0644. The number of nitrogens with zero attached hydrogens (tertiary/aromatic N) is 2. The minimum atomic E-state index is -0.885. The molecule has 3 aliphatic rings. The van der Waals surface area contributed by atoms with Crippen LogP contribution in [0.2, 0.25) is 0 Å². The Hall–Kier alpha value is -4.28. The summed E-state index contributed by atoms with van der Waals surface area (Å²) in [5.74, 6) is 0.633. The molecule has 3 aromatic rings. The summed E-state index contributed by atoms with van der Waals surface area (Å²) in [5, 5.41) is 10.6. The molecule has 10 nitrogen and oxygen atoms in total. The fourth-order valence-electron chi connectivity index (χ4n) is 6.65. The number of aryl methyl sites for hydroxylation is 1. The molecule has 3 aliphatic heterocycles. The van der Waals surface area contributed by atoms with E-state index in [1.807, 2.05) is 65.6 Å². The Labute approximate surface area is 257 Å². The SMILES string of the molecule is CCCCN(C(=O)CN1C[C@H](c2ccc3c(c2)OCO3)[C@@H](C(=O)O)[C@@H]1CCc1cccc2c1OCO2)c1cccc(CN)c1. The first-order chi connectivity index (χ1) is 21.5. The number of unbranched alkanes of at least 4 members (excludes halogenated alkanes) is 1. The van der Waals surface area contributed by atoms with E-state index in [4.69, 9.17) is 24.7 Å². The lowest BCUT2D eigenvalue weighted by atomic mass is 9.83. The van der Waals surface area contributed by atoms with E-state index in [1.54, 1.807) is 0 Å². The number of rotatable bonds is 12. The van der Waals surface area contributed by atoms with Gasteiger partial charge in [0.05, 0.1) is 12.5 Å². The van der Waals surface area contributed by atoms with Gasteiger partial charge in [0.1, 0.15) is 0 Å². The predicted molar refractivity (Wildman–Crippen MR) is 164 cm³/mol. The Morgan fingerprint density at radius 2 is 1.77 bits per heavy atom. The number of carboxylic acid groups (broad SMARTS) is 1. The molecule has 0 aliphatic carbocycles. The van der Waals surface area contributed by atoms with Crippen molar-refractivity contribution in [1.29, 1.82) is 0 Å². The summed E-state index contributed by atoms with van der Waals surface area (Å²) in [6.07, 6.45) is 2.90. The summed E-state index contributed by atoms with van der Waals surface area (Å²) in [7, 11) is 0. The molecule has 0 bridgehead atoms. The second kappa shape index (κ2) is 13.2. The van der Waals surface area contributed by atoms with Crippen molar-refractivity contribution in [3.63, 3.8) is 0 Å². The van der Waals surface area contributed by atoms with Crippen LogP contribution in [0.15, 0.2) is 60.7 Å². The van der Waals surface area contributed by atoms with Gasteiger partial charge in [-0.15, -0.1) is 0 Å². The molecule has 0 aromatic heterocycles. The average molecular weight is 602 g/mol. The number of likely N-dealkylation sites (tertiary alicyclic amines) is 1. The van der Waals surface area contributed by atoms with E-state index in [0.717, 1.165) is 35.2 Å². The molecule has 44 heavy (non-hydrogen) atoms. The summed E-state index contributed by atoms with van der Waals surface area (Å²) in [5.41, 5.74) is 9.49. The Kier molecular flexibility index (Phi) is 8.90. The highest BCUT2D eigenvalue weighted by molar-refractivity contribution is 5.95. The first-order valence-corrected chi connectivity index (χ1v) is 15.3. The standard InChI is InChI=1S/C34H39N3O7/c1-2-3-14-37(25-8-4-6-22(15-25)17-35)31(38)19-36-18-26(24-11-13-28-30(16-24)43-20-41-28)32(34(39)40)27(36)12-10-23-7-5-9-29-33(23)44-21-42-29/h4-9,11,13,15-16,26-27,32H,2-3,10,12,14,17-21,35H2,1H3,(H,39,40)/t26-,27+,32-/m1/s1. The van der Waals surface area contributed by atoms with Crippen LogP contribution in [0.3, 0.4) is 0 Å². The zero-order valence-corrected chi connectivity index (χ0v) is 24.9. The molecular weight excluding hydrogens is 562 g/mol. The van der Waals surface area contributed by atoms with Crippen molar-refractivity contribution in [2.24, 2.45) is 11.7 Å². The number of hydrogen-bond acceptors (Lipinski definition) is 8. The van der Waals surface area contributed by atoms with Crippen LogP contribution in [0.25, 0.3) is 0 Å². The van der Waals surface area contributed by atoms with E-state index in [-0.39, 0.29) is 32.0 Å². The van der Waals surface area contributed by atoms with Crippen LogP contribution >= 0.6 is 0 Å². The second-order valence-corrected chi connectivity index (χ2v) is 11.5. The van der Waals surface area contributed by atoms with Crippen molar-refractivity contribution >= 4 is 17.6 Å². The van der Waals surface area contributed by atoms with Crippen LogP contribution in [0.4, 0.5) is 5.69 Å². The van der Waals surface area contributed by atoms with Gasteiger partial charge >= 0.3 is 5.97 Å². The molecule has 0 unspecified atom stereocenters. The number of carboxylic acids is 1. The van der Waals surface area contributed by atoms with Crippen molar-refractivity contribution in [2.75, 3.05) is 38.1 Å². The molecule has 3 N–H and O–H groups in total. The van der Waals surface area contributed by atoms with Crippen molar-refractivity contribution in [1.82, 2.24) is 4.90 Å². The maximum Gasteiger partial charge on any atom is 0.308 e. The van der Waals surface area contributed by atoms with Crippen LogP contribution in [-0.4, -0.2) is 61.1 Å². The fraction of sp³-hybridized carbons (Fsp3) is 0.412. The van der Waals surface area contributed by atoms with Crippen molar-refractivity contribution in [3.05, 3.63) is 77.4 Å². The maximum atomic E-state index is 14.1. The number of benzene rings is 3. The first kappa shape index (κ1) is 29.8. The largest absolute Gasteiger partial charge is 0.481 e. The third-order valence-electron chi connectivity index (χ3n) is 8.88. The van der Waals surface area contributed by atoms with E-state index in [0.29, 0.717) is 55.5 Å². The number of para-hydroxylation sites is 1. The maximum absolute atomic E-state index is 14.1. The monoisotopic (exact) mass is 601 g/mol. The van der Waals surface area contributed by atoms with Gasteiger partial charge in [-0.3, -0.25) is 14.5 Å². The average Bonchev–Trinajstić information content (AvgIpc) is 3.79. The number of carbonyl (C=O) groups excluding carboxylic acids is 1. The van der Waals surface area contributed by atoms with Crippen LogP contribution in [0.1, 0.15) is 48.8 Å². The number of anilines is 1. The van der Waals surface area contributed by atoms with E-state index in [2.05, 4.69) is 11.8 Å². The summed E-state index contributed by atoms with van der Waals surface area (Å²) < 4.78 is 22.4. The highest BCUT2D eigenvalue weighted by atomic mass is 16.7. The van der Waals surface area contributed by atoms with Gasteiger partial charge in [0.2, 0.25) is 19.5 Å². The molecule has 3 atom stereocenters. The van der Waals surface area contributed by atoms with Crippen LogP contribution in [0.5, 0.6) is 23.0 Å². The predicted octanol–water partition coefficient (Wildman–Crippen LogP) is 4.54. The topological polar surface area (TPSA) is 124 Å². The van der Waals surface area contributed by atoms with Gasteiger partial charge < -0.3 is 34.7 Å². The molecule has 1 saturated heterocycles. The molecule has 6 rings (SSSR count). The number of nitrogens with two attached hydrogens (primary N) is 1. The van der Waals surface area contributed by atoms with Gasteiger partial charge in [-0.05, 0) is 66.3 Å². The Bertz CT molecular complexity index is 1510. The third kappa shape index (κ3) is 6.05. The van der Waals surface area contributed by atoms with Crippen LogP contribution in [-0.2, 0) is 22.6 Å². The van der Waals surface area contributed by atoms with Gasteiger partial charge in [-0.1, -0.05) is 43.7 Å². The minimum Gasteiger partial charge on any atom is -0.481 e. The molecule has 1 amide bonds. The molecule has 0 radical (unpaired) electrons. The first-order valence-electron chi connectivity index (χ1n) is 15.3. The van der Waals surface area contributed by atoms with E-state index >= 15 is 0 Å². The molecule has 3 aromatic carbocycles. The number of ether oxygens (including phenoxy) is 4. The summed E-state index contributed by atoms with van der Waals surface area (Å²) >= 11 is 0.